The molecule has 0 aromatic heterocycles. The zero-order valence-electron chi connectivity index (χ0n) is 51.3. The van der Waals surface area contributed by atoms with Crippen LogP contribution in [0.2, 0.25) is 0 Å². The maximum Gasteiger partial charge on any atom is 0.490 e. The first kappa shape index (κ1) is 73.9. The number of guanidine groups is 1. The van der Waals surface area contributed by atoms with Gasteiger partial charge >= 0.3 is 12.1 Å². The number of benzene rings is 3. The van der Waals surface area contributed by atoms with Crippen molar-refractivity contribution in [3.8, 4) is 5.75 Å². The average molecular weight is 1310 g/mol. The zero-order valence-corrected chi connectivity index (χ0v) is 51.3. The summed E-state index contributed by atoms with van der Waals surface area (Å²) < 4.78 is 31.7. The molecular weight excluding hydrogens is 1230 g/mol. The average Bonchev–Trinajstić information content (AvgIpc) is 1.90. The lowest BCUT2D eigenvalue weighted by Crippen LogP contribution is -2.61. The molecule has 93 heavy (non-hydrogen) atoms. The van der Waals surface area contributed by atoms with Gasteiger partial charge in [-0.05, 0) is 86.1 Å². The quantitative estimate of drug-likeness (QED) is 0.0193. The molecule has 3 aromatic carbocycles. The summed E-state index contributed by atoms with van der Waals surface area (Å²) in [6.07, 6.45) is -3.47. The molecule has 3 saturated heterocycles. The molecule has 3 aliphatic rings. The van der Waals surface area contributed by atoms with Gasteiger partial charge in [-0.25, -0.2) is 4.79 Å². The van der Waals surface area contributed by atoms with Crippen LogP contribution in [-0.4, -0.2) is 195 Å². The number of nitrogens with zero attached hydrogens (tertiary/aromatic N) is 3. The Bertz CT molecular complexity index is 3140. The number of alkyl halides is 3. The lowest BCUT2D eigenvalue weighted by atomic mass is 9.99. The van der Waals surface area contributed by atoms with E-state index in [0.717, 1.165) is 0 Å². The molecule has 0 radical (unpaired) electrons. The van der Waals surface area contributed by atoms with Gasteiger partial charge in [0.2, 0.25) is 65.0 Å². The predicted molar refractivity (Wildman–Crippen MR) is 327 cm³/mol. The highest BCUT2D eigenvalue weighted by Gasteiger charge is 2.43. The van der Waals surface area contributed by atoms with Gasteiger partial charge in [0.05, 0.1) is 13.2 Å². The number of carbonyl (C=O) groups excluding carboxylic acids is 11. The van der Waals surface area contributed by atoms with Crippen LogP contribution in [0.3, 0.4) is 0 Å². The van der Waals surface area contributed by atoms with E-state index in [-0.39, 0.29) is 107 Å². The summed E-state index contributed by atoms with van der Waals surface area (Å²) in [5.74, 6) is -11.0. The number of carbonyl (C=O) groups is 12. The largest absolute Gasteiger partial charge is 0.508 e. The molecule has 3 heterocycles. The number of phenols is 1. The molecule has 3 aromatic rings. The monoisotopic (exact) mass is 1310 g/mol. The highest BCUT2D eigenvalue weighted by Crippen LogP contribution is 2.23. The predicted octanol–water partition coefficient (Wildman–Crippen LogP) is -2.08. The van der Waals surface area contributed by atoms with Crippen molar-refractivity contribution in [2.75, 3.05) is 32.8 Å². The van der Waals surface area contributed by atoms with Crippen LogP contribution in [0.25, 0.3) is 0 Å². The number of aliphatic carboxylic acids is 1. The third-order valence-corrected chi connectivity index (χ3v) is 15.2. The number of amides is 11. The number of aliphatic imine (C=N–C) groups is 1. The van der Waals surface area contributed by atoms with Crippen LogP contribution in [0.4, 0.5) is 13.2 Å². The van der Waals surface area contributed by atoms with Gasteiger partial charge in [-0.15, -0.1) is 0 Å². The van der Waals surface area contributed by atoms with Crippen molar-refractivity contribution in [2.45, 2.75) is 151 Å². The number of halogens is 3. The molecule has 17 N–H and O–H groups in total. The molecule has 0 bridgehead atoms. The molecule has 32 heteroatoms. The summed E-state index contributed by atoms with van der Waals surface area (Å²) in [5.41, 5.74) is 18.1. The lowest BCUT2D eigenvalue weighted by molar-refractivity contribution is -0.192. The van der Waals surface area contributed by atoms with Crippen molar-refractivity contribution < 1.29 is 86.0 Å². The van der Waals surface area contributed by atoms with E-state index in [1.807, 2.05) is 0 Å². The minimum absolute atomic E-state index is 0.0107. The SMILES string of the molecule is CC(C)C[C@H](NC(=O)[C@@H](Cc1ccccc1)NC(=O)[C@H](Cc1ccc(O)cc1)NC(=O)[C@H](CO)NC(=O)[C@@H]1CCCN1C(=O)[C@@H](Cc1ccccc1)NC(=O)[C@@H]1CCC(=O)N1)C(=O)N[C@@H](CCCN=C(N)N)C(=O)N1CCC[C@H]1C(=O)NCC(N)=O.O=C(O)C(F)(F)F. The number of carboxylic acids is 1. The Morgan fingerprint density at radius 3 is 1.54 bits per heavy atom. The van der Waals surface area contributed by atoms with E-state index in [9.17, 15) is 76.1 Å². The molecule has 0 saturated carbocycles. The molecule has 3 aliphatic heterocycles. The van der Waals surface area contributed by atoms with Gasteiger partial charge in [0.25, 0.3) is 0 Å². The fourth-order valence-electron chi connectivity index (χ4n) is 10.6. The third-order valence-electron chi connectivity index (χ3n) is 15.2. The Hall–Kier alpha value is -9.88. The van der Waals surface area contributed by atoms with Crippen molar-refractivity contribution in [1.82, 2.24) is 52.3 Å². The number of primary amides is 1. The van der Waals surface area contributed by atoms with Crippen molar-refractivity contribution in [1.29, 1.82) is 0 Å². The van der Waals surface area contributed by atoms with Crippen LogP contribution in [-0.2, 0) is 76.8 Å². The molecule has 29 nitrogen and oxygen atoms in total. The molecule has 3 fully saturated rings. The number of rotatable bonds is 30. The summed E-state index contributed by atoms with van der Waals surface area (Å²) in [4.78, 5) is 166. The van der Waals surface area contributed by atoms with Crippen LogP contribution in [0, 0.1) is 5.92 Å². The van der Waals surface area contributed by atoms with Gasteiger partial charge in [-0.2, -0.15) is 13.2 Å². The lowest BCUT2D eigenvalue weighted by Gasteiger charge is -2.31. The highest BCUT2D eigenvalue weighted by molar-refractivity contribution is 5.99. The van der Waals surface area contributed by atoms with Crippen LogP contribution in [0.5, 0.6) is 5.75 Å². The van der Waals surface area contributed by atoms with E-state index in [2.05, 4.69) is 47.5 Å². The van der Waals surface area contributed by atoms with E-state index < -0.39 is 139 Å². The zero-order chi connectivity index (χ0) is 68.5. The van der Waals surface area contributed by atoms with Crippen molar-refractivity contribution in [3.05, 3.63) is 102 Å². The summed E-state index contributed by atoms with van der Waals surface area (Å²) in [5, 5.41) is 49.1. The second-order valence-electron chi connectivity index (χ2n) is 22.9. The molecule has 0 unspecified atom stereocenters. The van der Waals surface area contributed by atoms with Gasteiger partial charge in [0.1, 0.15) is 60.1 Å². The summed E-state index contributed by atoms with van der Waals surface area (Å²) in [7, 11) is 0. The van der Waals surface area contributed by atoms with Gasteiger partial charge in [-0.3, -0.25) is 57.7 Å². The maximum atomic E-state index is 14.7. The molecular formula is C61H81F3N14O15. The smallest absolute Gasteiger partial charge is 0.490 e. The topological polar surface area (TPSA) is 459 Å². The molecule has 11 amide bonds. The molecule has 6 rings (SSSR count). The first-order chi connectivity index (χ1) is 44.0. The highest BCUT2D eigenvalue weighted by atomic mass is 19.4. The third kappa shape index (κ3) is 23.7. The fourth-order valence-corrected chi connectivity index (χ4v) is 10.6. The number of hydrogen-bond acceptors (Lipinski definition) is 15. The van der Waals surface area contributed by atoms with Crippen molar-refractivity contribution in [3.63, 3.8) is 0 Å². The second-order valence-corrected chi connectivity index (χ2v) is 22.9. The van der Waals surface area contributed by atoms with Gasteiger partial charge in [0, 0.05) is 45.3 Å². The van der Waals surface area contributed by atoms with E-state index >= 15 is 0 Å². The Kier molecular flexibility index (Phi) is 28.3. The van der Waals surface area contributed by atoms with E-state index in [0.29, 0.717) is 29.5 Å². The summed E-state index contributed by atoms with van der Waals surface area (Å²) in [6, 6.07) is 11.9. The molecule has 9 atom stereocenters. The maximum absolute atomic E-state index is 14.7. The number of likely N-dealkylation sites (tertiary alicyclic amines) is 2. The standard InChI is InChI=1S/C59H80N14O13.C2HF3O2/c1-34(2)28-41(51(79)66-40(16-9-25-63-59(61)62)57(85)72-26-10-17-46(72)55(83)64-32-48(60)76)67-52(80)42(29-35-12-5-3-6-13-35)68-53(81)43(30-37-19-21-38(75)22-20-37)69-54(82)45(33-74)71-56(84)47-18-11-27-73(47)58(86)44(31-36-14-7-4-8-15-36)70-50(78)39-23-24-49(77)65-39;3-2(4,5)1(6)7/h3-8,12-15,19-22,34,39-47,74-75H,9-11,16-18,23-33H2,1-2H3,(H2,60,76)(H,64,83)(H,65,77)(H,66,79)(H,67,80)(H,68,81)(H,69,82)(H,70,78)(H,71,84)(H4,61,62,63);(H,6,7)/t39-,40-,41-,42+,43-,44+,45-,46-,47-;/m0./s1. The van der Waals surface area contributed by atoms with Gasteiger partial charge < -0.3 is 84.9 Å². The Balaban J connectivity index is 0.00000211. The van der Waals surface area contributed by atoms with Gasteiger partial charge in [-0.1, -0.05) is 86.6 Å². The fraction of sp³-hybridized carbons (Fsp3) is 0.492. The molecule has 0 aliphatic carbocycles. The molecule has 0 spiro atoms. The first-order valence-electron chi connectivity index (χ1n) is 30.2. The minimum atomic E-state index is -5.08. The Morgan fingerprint density at radius 1 is 0.613 bits per heavy atom. The van der Waals surface area contributed by atoms with Crippen LogP contribution in [0.15, 0.2) is 89.9 Å². The normalized spacial score (nSPS) is 17.9. The number of aliphatic hydroxyl groups is 1. The molecule has 506 valence electrons. The Labute approximate surface area is 533 Å². The number of carboxylic acid groups (broad SMARTS) is 1. The van der Waals surface area contributed by atoms with Crippen LogP contribution < -0.4 is 59.7 Å². The van der Waals surface area contributed by atoms with Gasteiger partial charge in [0.15, 0.2) is 5.96 Å². The number of aliphatic hydroxyl groups excluding tert-OH is 1. The van der Waals surface area contributed by atoms with E-state index in [4.69, 9.17) is 27.1 Å². The number of nitrogens with two attached hydrogens (primary N) is 3. The van der Waals surface area contributed by atoms with E-state index in [1.54, 1.807) is 74.5 Å². The van der Waals surface area contributed by atoms with Crippen LogP contribution in [0.1, 0.15) is 88.3 Å². The van der Waals surface area contributed by atoms with Crippen LogP contribution >= 0.6 is 0 Å². The minimum Gasteiger partial charge on any atom is -0.508 e. The summed E-state index contributed by atoms with van der Waals surface area (Å²) in [6.45, 7) is 2.57. The first-order valence-corrected chi connectivity index (χ1v) is 30.2. The second kappa shape index (κ2) is 35.6. The summed E-state index contributed by atoms with van der Waals surface area (Å²) >= 11 is 0. The van der Waals surface area contributed by atoms with Crippen molar-refractivity contribution in [2.24, 2.45) is 28.1 Å². The number of phenolic OH excluding ortho intramolecular Hbond substituents is 1. The Morgan fingerprint density at radius 2 is 1.06 bits per heavy atom. The van der Waals surface area contributed by atoms with Crippen molar-refractivity contribution >= 4 is 76.9 Å². The number of aromatic hydroxyl groups is 1. The van der Waals surface area contributed by atoms with E-state index in [1.165, 1.54) is 34.1 Å². The number of nitrogens with one attached hydrogen (secondary N) is 8. The number of hydrogen-bond donors (Lipinski definition) is 14.